The molecule has 0 radical (unpaired) electrons. The summed E-state index contributed by atoms with van der Waals surface area (Å²) in [6, 6.07) is 7.28. The minimum absolute atomic E-state index is 0.0619. The van der Waals surface area contributed by atoms with Crippen LogP contribution in [0.4, 0.5) is 0 Å². The molecule has 1 aliphatic heterocycles. The van der Waals surface area contributed by atoms with Crippen LogP contribution in [0, 0.1) is 0 Å². The minimum atomic E-state index is -0.847. The molecule has 1 unspecified atom stereocenters. The number of hydrogen-bond acceptors (Lipinski definition) is 2. The highest BCUT2D eigenvalue weighted by molar-refractivity contribution is 6.30. The average Bonchev–Trinajstić information content (AvgIpc) is 2.77. The van der Waals surface area contributed by atoms with E-state index in [-0.39, 0.29) is 11.9 Å². The minimum Gasteiger partial charge on any atom is -0.388 e. The van der Waals surface area contributed by atoms with E-state index in [1.54, 1.807) is 24.8 Å². The molecule has 1 N–H and O–H groups in total. The Morgan fingerprint density at radius 1 is 1.53 bits per heavy atom. The first kappa shape index (κ1) is 14.4. The lowest BCUT2D eigenvalue weighted by molar-refractivity contribution is -0.135. The van der Waals surface area contributed by atoms with Gasteiger partial charge in [0.1, 0.15) is 0 Å². The van der Waals surface area contributed by atoms with Gasteiger partial charge in [-0.1, -0.05) is 23.7 Å². The maximum absolute atomic E-state index is 12.4. The first-order valence-corrected chi connectivity index (χ1v) is 7.02. The first-order chi connectivity index (χ1) is 8.88. The smallest absolute Gasteiger partial charge is 0.227 e. The van der Waals surface area contributed by atoms with E-state index < -0.39 is 5.60 Å². The van der Waals surface area contributed by atoms with Crippen molar-refractivity contribution < 1.29 is 9.90 Å². The van der Waals surface area contributed by atoms with Crippen LogP contribution in [-0.4, -0.2) is 34.1 Å². The van der Waals surface area contributed by atoms with Crippen molar-refractivity contribution in [3.63, 3.8) is 0 Å². The van der Waals surface area contributed by atoms with Crippen molar-refractivity contribution in [2.45, 2.75) is 44.8 Å². The molecule has 0 saturated carbocycles. The van der Waals surface area contributed by atoms with Crippen molar-refractivity contribution >= 4 is 17.5 Å². The van der Waals surface area contributed by atoms with Gasteiger partial charge in [-0.05, 0) is 44.4 Å². The second-order valence-corrected chi connectivity index (χ2v) is 6.14. The number of nitrogens with zero attached hydrogens (tertiary/aromatic N) is 1. The molecule has 3 nitrogen and oxygen atoms in total. The predicted molar refractivity (Wildman–Crippen MR) is 76.2 cm³/mol. The Balaban J connectivity index is 2.07. The van der Waals surface area contributed by atoms with Crippen LogP contribution in [-0.2, 0) is 11.2 Å². The van der Waals surface area contributed by atoms with Gasteiger partial charge in [0, 0.05) is 11.6 Å². The Labute approximate surface area is 119 Å². The third-order valence-electron chi connectivity index (χ3n) is 3.63. The van der Waals surface area contributed by atoms with Crippen LogP contribution < -0.4 is 0 Å². The summed E-state index contributed by atoms with van der Waals surface area (Å²) in [6.07, 6.45) is 2.16. The van der Waals surface area contributed by atoms with Crippen molar-refractivity contribution in [2.24, 2.45) is 0 Å². The summed E-state index contributed by atoms with van der Waals surface area (Å²) in [4.78, 5) is 14.2. The molecular formula is C15H20ClNO2. The Morgan fingerprint density at radius 2 is 2.26 bits per heavy atom. The molecule has 0 aromatic heterocycles. The van der Waals surface area contributed by atoms with Crippen molar-refractivity contribution in [1.82, 2.24) is 4.90 Å². The zero-order valence-corrected chi connectivity index (χ0v) is 12.2. The Hall–Kier alpha value is -1.06. The number of hydrogen-bond donors (Lipinski definition) is 1. The molecule has 1 aromatic rings. The van der Waals surface area contributed by atoms with Crippen molar-refractivity contribution in [3.05, 3.63) is 34.9 Å². The molecule has 4 heteroatoms. The highest BCUT2D eigenvalue weighted by Gasteiger charge is 2.38. The number of carbonyl (C=O) groups is 1. The lowest BCUT2D eigenvalue weighted by atomic mass is 9.96. The highest BCUT2D eigenvalue weighted by atomic mass is 35.5. The number of halogens is 1. The standard InChI is InChI=1S/C15H20ClNO2/c1-15(2,19)13-7-4-8-17(13)14(18)10-11-5-3-6-12(16)9-11/h3,5-6,9,13,19H,4,7-8,10H2,1-2H3. The van der Waals surface area contributed by atoms with E-state index in [0.29, 0.717) is 11.4 Å². The fourth-order valence-electron chi connectivity index (χ4n) is 2.72. The van der Waals surface area contributed by atoms with Gasteiger partial charge in [0.15, 0.2) is 0 Å². The predicted octanol–water partition coefficient (Wildman–Crippen LogP) is 2.64. The maximum Gasteiger partial charge on any atom is 0.227 e. The van der Waals surface area contributed by atoms with Gasteiger partial charge in [-0.3, -0.25) is 4.79 Å². The van der Waals surface area contributed by atoms with Crippen LogP contribution in [0.25, 0.3) is 0 Å². The highest BCUT2D eigenvalue weighted by Crippen LogP contribution is 2.27. The van der Waals surface area contributed by atoms with Gasteiger partial charge >= 0.3 is 0 Å². The molecule has 19 heavy (non-hydrogen) atoms. The van der Waals surface area contributed by atoms with E-state index in [4.69, 9.17) is 11.6 Å². The van der Waals surface area contributed by atoms with Gasteiger partial charge in [-0.25, -0.2) is 0 Å². The SMILES string of the molecule is CC(C)(O)C1CCCN1C(=O)Cc1cccc(Cl)c1. The largest absolute Gasteiger partial charge is 0.388 e. The summed E-state index contributed by atoms with van der Waals surface area (Å²) in [7, 11) is 0. The van der Waals surface area contributed by atoms with Gasteiger partial charge in [-0.15, -0.1) is 0 Å². The third kappa shape index (κ3) is 3.48. The number of carbonyl (C=O) groups excluding carboxylic acids is 1. The Bertz CT molecular complexity index is 467. The van der Waals surface area contributed by atoms with E-state index in [1.807, 2.05) is 18.2 Å². The van der Waals surface area contributed by atoms with Gasteiger partial charge in [0.25, 0.3) is 0 Å². The third-order valence-corrected chi connectivity index (χ3v) is 3.87. The maximum atomic E-state index is 12.4. The molecule has 1 aliphatic rings. The van der Waals surface area contributed by atoms with E-state index in [1.165, 1.54) is 0 Å². The molecule has 0 bridgehead atoms. The summed E-state index contributed by atoms with van der Waals surface area (Å²) in [6.45, 7) is 4.26. The van der Waals surface area contributed by atoms with E-state index in [2.05, 4.69) is 0 Å². The molecule has 1 atom stereocenters. The number of amides is 1. The summed E-state index contributed by atoms with van der Waals surface area (Å²) < 4.78 is 0. The zero-order chi connectivity index (χ0) is 14.0. The van der Waals surface area contributed by atoms with Crippen LogP contribution in [0.3, 0.4) is 0 Å². The van der Waals surface area contributed by atoms with Crippen LogP contribution in [0.1, 0.15) is 32.3 Å². The Kier molecular flexibility index (Phi) is 4.16. The average molecular weight is 282 g/mol. The number of benzene rings is 1. The summed E-state index contributed by atoms with van der Waals surface area (Å²) in [5.74, 6) is 0.0619. The number of aliphatic hydroxyl groups is 1. The lowest BCUT2D eigenvalue weighted by Gasteiger charge is -2.34. The first-order valence-electron chi connectivity index (χ1n) is 6.64. The molecule has 1 fully saturated rings. The Morgan fingerprint density at radius 3 is 2.89 bits per heavy atom. The molecular weight excluding hydrogens is 262 g/mol. The molecule has 1 saturated heterocycles. The fraction of sp³-hybridized carbons (Fsp3) is 0.533. The molecule has 1 aromatic carbocycles. The van der Waals surface area contributed by atoms with Gasteiger partial charge < -0.3 is 10.0 Å². The van der Waals surface area contributed by atoms with Crippen molar-refractivity contribution in [3.8, 4) is 0 Å². The van der Waals surface area contributed by atoms with Gasteiger partial charge in [0.05, 0.1) is 18.1 Å². The second kappa shape index (κ2) is 5.51. The molecule has 0 spiro atoms. The number of rotatable bonds is 3. The van der Waals surface area contributed by atoms with E-state index in [9.17, 15) is 9.90 Å². The summed E-state index contributed by atoms with van der Waals surface area (Å²) in [5, 5.41) is 10.8. The molecule has 104 valence electrons. The quantitative estimate of drug-likeness (QED) is 0.925. The molecule has 0 aliphatic carbocycles. The fourth-order valence-corrected chi connectivity index (χ4v) is 2.94. The number of likely N-dealkylation sites (tertiary alicyclic amines) is 1. The molecule has 1 heterocycles. The summed E-state index contributed by atoms with van der Waals surface area (Å²) >= 11 is 5.92. The van der Waals surface area contributed by atoms with E-state index >= 15 is 0 Å². The van der Waals surface area contributed by atoms with Gasteiger partial charge in [-0.2, -0.15) is 0 Å². The van der Waals surface area contributed by atoms with Crippen LogP contribution in [0.2, 0.25) is 5.02 Å². The van der Waals surface area contributed by atoms with Crippen LogP contribution in [0.5, 0.6) is 0 Å². The lowest BCUT2D eigenvalue weighted by Crippen LogP contribution is -2.48. The topological polar surface area (TPSA) is 40.5 Å². The zero-order valence-electron chi connectivity index (χ0n) is 11.4. The molecule has 2 rings (SSSR count). The van der Waals surface area contributed by atoms with E-state index in [0.717, 1.165) is 24.9 Å². The van der Waals surface area contributed by atoms with Crippen LogP contribution in [0.15, 0.2) is 24.3 Å². The normalized spacial score (nSPS) is 19.8. The van der Waals surface area contributed by atoms with Gasteiger partial charge in [0.2, 0.25) is 5.91 Å². The van der Waals surface area contributed by atoms with Crippen LogP contribution >= 0.6 is 11.6 Å². The summed E-state index contributed by atoms with van der Waals surface area (Å²) in [5.41, 5.74) is 0.0689. The molecule has 1 amide bonds. The second-order valence-electron chi connectivity index (χ2n) is 5.71. The monoisotopic (exact) mass is 281 g/mol. The van der Waals surface area contributed by atoms with Crippen molar-refractivity contribution in [1.29, 1.82) is 0 Å². The van der Waals surface area contributed by atoms with Crippen molar-refractivity contribution in [2.75, 3.05) is 6.54 Å².